The average molecular weight is 237 g/mol. The van der Waals surface area contributed by atoms with E-state index in [0.29, 0.717) is 0 Å². The Bertz CT molecular complexity index is 324. The lowest BCUT2D eigenvalue weighted by molar-refractivity contribution is -0.128. The van der Waals surface area contributed by atoms with Gasteiger partial charge in [-0.15, -0.1) is 0 Å². The fraction of sp³-hybridized carbons (Fsp3) is 0.778. The van der Waals surface area contributed by atoms with Crippen molar-refractivity contribution in [1.29, 1.82) is 0 Å². The molecule has 1 heterocycles. The minimum atomic E-state index is -4.30. The van der Waals surface area contributed by atoms with E-state index in [9.17, 15) is 13.2 Å². The second-order valence-electron chi connectivity index (χ2n) is 3.52. The van der Waals surface area contributed by atoms with E-state index in [1.807, 2.05) is 6.92 Å². The van der Waals surface area contributed by atoms with E-state index in [1.54, 1.807) is 6.92 Å². The molecule has 4 nitrogen and oxygen atoms in total. The number of hydrogen-bond acceptors (Lipinski definition) is 4. The second kappa shape index (κ2) is 5.29. The summed E-state index contributed by atoms with van der Waals surface area (Å²) in [6.45, 7) is 4.50. The van der Waals surface area contributed by atoms with Gasteiger partial charge in [0.2, 0.25) is 5.89 Å². The highest BCUT2D eigenvalue weighted by Crippen LogP contribution is 2.20. The van der Waals surface area contributed by atoms with Crippen molar-refractivity contribution in [2.24, 2.45) is 0 Å². The molecular weight excluding hydrogens is 223 g/mol. The molecular formula is C9H14F3N3O. The number of hydrogen-bond donors (Lipinski definition) is 1. The normalized spacial score (nSPS) is 14.1. The van der Waals surface area contributed by atoms with Crippen LogP contribution in [0.3, 0.4) is 0 Å². The van der Waals surface area contributed by atoms with Gasteiger partial charge in [0.1, 0.15) is 6.42 Å². The number of alkyl halides is 3. The SMILES string of the molecule is CCCNC(C)c1nc(CC(F)(F)F)no1. The summed E-state index contributed by atoms with van der Waals surface area (Å²) in [5.74, 6) is -0.139. The highest BCUT2D eigenvalue weighted by Gasteiger charge is 2.30. The Morgan fingerprint density at radius 1 is 1.44 bits per heavy atom. The first-order valence-corrected chi connectivity index (χ1v) is 5.05. The van der Waals surface area contributed by atoms with Crippen LogP contribution in [0.25, 0.3) is 0 Å². The largest absolute Gasteiger partial charge is 0.396 e. The molecule has 0 aliphatic heterocycles. The predicted octanol–water partition coefficient (Wildman–Crippen LogP) is 2.24. The van der Waals surface area contributed by atoms with Gasteiger partial charge < -0.3 is 9.84 Å². The fourth-order valence-electron chi connectivity index (χ4n) is 1.14. The molecule has 7 heteroatoms. The Labute approximate surface area is 91.2 Å². The summed E-state index contributed by atoms with van der Waals surface area (Å²) in [7, 11) is 0. The molecule has 0 saturated heterocycles. The third kappa shape index (κ3) is 4.18. The molecule has 0 fully saturated rings. The van der Waals surface area contributed by atoms with Crippen LogP contribution in [0.4, 0.5) is 13.2 Å². The van der Waals surface area contributed by atoms with Crippen molar-refractivity contribution in [3.05, 3.63) is 11.7 Å². The van der Waals surface area contributed by atoms with Crippen LogP contribution in [-0.2, 0) is 6.42 Å². The van der Waals surface area contributed by atoms with E-state index in [2.05, 4.69) is 15.5 Å². The molecule has 0 spiro atoms. The van der Waals surface area contributed by atoms with Gasteiger partial charge in [-0.1, -0.05) is 12.1 Å². The molecule has 92 valence electrons. The van der Waals surface area contributed by atoms with Crippen LogP contribution in [-0.4, -0.2) is 22.9 Å². The Hall–Kier alpha value is -1.11. The summed E-state index contributed by atoms with van der Waals surface area (Å²) < 4.78 is 40.8. The molecule has 1 N–H and O–H groups in total. The van der Waals surface area contributed by atoms with Crippen LogP contribution in [0.5, 0.6) is 0 Å². The van der Waals surface area contributed by atoms with Crippen LogP contribution >= 0.6 is 0 Å². The molecule has 0 radical (unpaired) electrons. The molecule has 0 aromatic carbocycles. The lowest BCUT2D eigenvalue weighted by atomic mass is 10.3. The minimum absolute atomic E-state index is 0.188. The van der Waals surface area contributed by atoms with Gasteiger partial charge >= 0.3 is 6.18 Å². The number of halogens is 3. The van der Waals surface area contributed by atoms with Crippen molar-refractivity contribution in [2.45, 2.75) is 38.9 Å². The molecule has 0 bridgehead atoms. The predicted molar refractivity (Wildman–Crippen MR) is 50.8 cm³/mol. The van der Waals surface area contributed by atoms with Crippen LogP contribution < -0.4 is 5.32 Å². The summed E-state index contributed by atoms with van der Waals surface area (Å²) in [5, 5.41) is 6.33. The molecule has 1 aromatic rings. The van der Waals surface area contributed by atoms with Gasteiger partial charge in [0.15, 0.2) is 5.82 Å². The minimum Gasteiger partial charge on any atom is -0.338 e. The maximum absolute atomic E-state index is 12.0. The summed E-state index contributed by atoms with van der Waals surface area (Å²) in [4.78, 5) is 3.69. The zero-order valence-corrected chi connectivity index (χ0v) is 9.14. The van der Waals surface area contributed by atoms with Gasteiger partial charge in [0.25, 0.3) is 0 Å². The van der Waals surface area contributed by atoms with Gasteiger partial charge in [0, 0.05) is 0 Å². The van der Waals surface area contributed by atoms with E-state index in [1.165, 1.54) is 0 Å². The first-order valence-electron chi connectivity index (χ1n) is 5.05. The third-order valence-corrected chi connectivity index (χ3v) is 1.91. The molecule has 16 heavy (non-hydrogen) atoms. The van der Waals surface area contributed by atoms with Gasteiger partial charge in [-0.05, 0) is 19.9 Å². The lowest BCUT2D eigenvalue weighted by Crippen LogP contribution is -2.19. The topological polar surface area (TPSA) is 51.0 Å². The highest BCUT2D eigenvalue weighted by molar-refractivity contribution is 4.92. The zero-order valence-electron chi connectivity index (χ0n) is 9.14. The molecule has 1 atom stereocenters. The van der Waals surface area contributed by atoms with E-state index in [-0.39, 0.29) is 17.8 Å². The van der Waals surface area contributed by atoms with Crippen LogP contribution in [0.15, 0.2) is 4.52 Å². The Morgan fingerprint density at radius 3 is 2.69 bits per heavy atom. The molecule has 0 aliphatic rings. The van der Waals surface area contributed by atoms with E-state index in [0.717, 1.165) is 13.0 Å². The zero-order chi connectivity index (χ0) is 12.2. The van der Waals surface area contributed by atoms with Crippen molar-refractivity contribution in [1.82, 2.24) is 15.5 Å². The maximum atomic E-state index is 12.0. The summed E-state index contributed by atoms with van der Waals surface area (Å²) >= 11 is 0. The standard InChI is InChI=1S/C9H14F3N3O/c1-3-4-13-6(2)8-14-7(15-16-8)5-9(10,11)12/h6,13H,3-5H2,1-2H3. The Balaban J connectivity index is 2.57. The monoisotopic (exact) mass is 237 g/mol. The summed E-state index contributed by atoms with van der Waals surface area (Å²) in [6.07, 6.45) is -4.54. The number of nitrogens with one attached hydrogen (secondary N) is 1. The average Bonchev–Trinajstić information content (AvgIpc) is 2.59. The van der Waals surface area contributed by atoms with Crippen molar-refractivity contribution >= 4 is 0 Å². The van der Waals surface area contributed by atoms with E-state index in [4.69, 9.17) is 4.52 Å². The van der Waals surface area contributed by atoms with Crippen LogP contribution in [0.2, 0.25) is 0 Å². The quantitative estimate of drug-likeness (QED) is 0.853. The molecule has 0 aliphatic carbocycles. The lowest BCUT2D eigenvalue weighted by Gasteiger charge is -2.06. The first kappa shape index (κ1) is 13.0. The number of nitrogens with zero attached hydrogens (tertiary/aromatic N) is 2. The molecule has 1 rings (SSSR count). The Morgan fingerprint density at radius 2 is 2.12 bits per heavy atom. The number of aromatic nitrogens is 2. The highest BCUT2D eigenvalue weighted by atomic mass is 19.4. The molecule has 1 unspecified atom stereocenters. The third-order valence-electron chi connectivity index (χ3n) is 1.91. The molecule has 0 amide bonds. The van der Waals surface area contributed by atoms with Gasteiger partial charge in [-0.25, -0.2) is 0 Å². The molecule has 0 saturated carbocycles. The van der Waals surface area contributed by atoms with Crippen molar-refractivity contribution in [2.75, 3.05) is 6.54 Å². The Kier molecular flexibility index (Phi) is 4.28. The van der Waals surface area contributed by atoms with Crippen molar-refractivity contribution in [3.8, 4) is 0 Å². The van der Waals surface area contributed by atoms with Crippen LogP contribution in [0.1, 0.15) is 38.0 Å². The van der Waals surface area contributed by atoms with Crippen molar-refractivity contribution in [3.63, 3.8) is 0 Å². The van der Waals surface area contributed by atoms with E-state index >= 15 is 0 Å². The maximum Gasteiger partial charge on any atom is 0.396 e. The summed E-state index contributed by atoms with van der Waals surface area (Å²) in [6, 6.07) is -0.227. The fourth-order valence-corrected chi connectivity index (χ4v) is 1.14. The van der Waals surface area contributed by atoms with Gasteiger partial charge in [0.05, 0.1) is 6.04 Å². The van der Waals surface area contributed by atoms with Gasteiger partial charge in [-0.2, -0.15) is 18.2 Å². The first-order chi connectivity index (χ1) is 7.42. The smallest absolute Gasteiger partial charge is 0.338 e. The number of rotatable bonds is 5. The van der Waals surface area contributed by atoms with E-state index < -0.39 is 12.6 Å². The molecule has 1 aromatic heterocycles. The van der Waals surface area contributed by atoms with Crippen molar-refractivity contribution < 1.29 is 17.7 Å². The summed E-state index contributed by atoms with van der Waals surface area (Å²) in [5.41, 5.74) is 0. The van der Waals surface area contributed by atoms with Gasteiger partial charge in [-0.3, -0.25) is 0 Å². The second-order valence-corrected chi connectivity index (χ2v) is 3.52. The van der Waals surface area contributed by atoms with Crippen LogP contribution in [0, 0.1) is 0 Å².